The summed E-state index contributed by atoms with van der Waals surface area (Å²) in [7, 11) is 0. The molecule has 0 amide bonds. The Kier molecular flexibility index (Phi) is 2.54. The Labute approximate surface area is 91.9 Å². The summed E-state index contributed by atoms with van der Waals surface area (Å²) in [4.78, 5) is 1.03. The lowest BCUT2D eigenvalue weighted by Crippen LogP contribution is -1.83. The standard InChI is InChI=1S/C10H9ClS2/c1-2-6-5-8(12)10-7(9(6)11)3-4-13-10/h3-5,12H,2H2,1H3. The molecular weight excluding hydrogens is 220 g/mol. The topological polar surface area (TPSA) is 0 Å². The van der Waals surface area contributed by atoms with E-state index in [-0.39, 0.29) is 0 Å². The predicted molar refractivity (Wildman–Crippen MR) is 63.5 cm³/mol. The van der Waals surface area contributed by atoms with Gasteiger partial charge in [-0.15, -0.1) is 24.0 Å². The monoisotopic (exact) mass is 228 g/mol. The Morgan fingerprint density at radius 2 is 2.31 bits per heavy atom. The highest BCUT2D eigenvalue weighted by Gasteiger charge is 2.08. The quantitative estimate of drug-likeness (QED) is 0.687. The van der Waals surface area contributed by atoms with Gasteiger partial charge in [-0.2, -0.15) is 0 Å². The summed E-state index contributed by atoms with van der Waals surface area (Å²) in [5, 5.41) is 4.07. The van der Waals surface area contributed by atoms with Crippen molar-refractivity contribution >= 4 is 45.7 Å². The number of rotatable bonds is 1. The minimum atomic E-state index is 0.886. The molecule has 0 N–H and O–H groups in total. The van der Waals surface area contributed by atoms with Crippen LogP contribution in [-0.4, -0.2) is 0 Å². The maximum atomic E-state index is 6.23. The van der Waals surface area contributed by atoms with Crippen LogP contribution in [0.2, 0.25) is 5.02 Å². The molecule has 0 radical (unpaired) electrons. The Morgan fingerprint density at radius 3 is 3.00 bits per heavy atom. The van der Waals surface area contributed by atoms with Crippen molar-refractivity contribution in [3.05, 3.63) is 28.1 Å². The molecule has 1 aromatic carbocycles. The molecule has 2 aromatic rings. The molecule has 0 aliphatic heterocycles. The number of hydrogen-bond acceptors (Lipinski definition) is 2. The summed E-state index contributed by atoms with van der Waals surface area (Å²) in [6, 6.07) is 4.12. The van der Waals surface area contributed by atoms with Gasteiger partial charge in [-0.05, 0) is 29.5 Å². The van der Waals surface area contributed by atoms with E-state index >= 15 is 0 Å². The fourth-order valence-corrected chi connectivity index (χ4v) is 3.06. The highest BCUT2D eigenvalue weighted by Crippen LogP contribution is 2.35. The smallest absolute Gasteiger partial charge is 0.0525 e. The molecule has 1 aromatic heterocycles. The number of aryl methyl sites for hydroxylation is 1. The summed E-state index contributed by atoms with van der Waals surface area (Å²) in [6.07, 6.45) is 0.957. The van der Waals surface area contributed by atoms with Crippen LogP contribution in [0.25, 0.3) is 10.1 Å². The second kappa shape index (κ2) is 3.52. The van der Waals surface area contributed by atoms with Crippen molar-refractivity contribution in [3.8, 4) is 0 Å². The van der Waals surface area contributed by atoms with Gasteiger partial charge in [0.2, 0.25) is 0 Å². The van der Waals surface area contributed by atoms with Crippen molar-refractivity contribution in [1.29, 1.82) is 0 Å². The van der Waals surface area contributed by atoms with Crippen LogP contribution in [0.5, 0.6) is 0 Å². The van der Waals surface area contributed by atoms with Gasteiger partial charge in [0.05, 0.1) is 5.02 Å². The van der Waals surface area contributed by atoms with E-state index in [4.69, 9.17) is 11.6 Å². The molecule has 3 heteroatoms. The number of fused-ring (bicyclic) bond motifs is 1. The summed E-state index contributed by atoms with van der Waals surface area (Å²) >= 11 is 12.4. The molecule has 0 bridgehead atoms. The molecule has 68 valence electrons. The number of thiol groups is 1. The van der Waals surface area contributed by atoms with Crippen molar-refractivity contribution in [3.63, 3.8) is 0 Å². The third-order valence-corrected chi connectivity index (χ3v) is 4.01. The minimum Gasteiger partial charge on any atom is -0.143 e. The SMILES string of the molecule is CCc1cc(S)c2sccc2c1Cl. The molecule has 0 nitrogen and oxygen atoms in total. The van der Waals surface area contributed by atoms with Crippen molar-refractivity contribution in [2.24, 2.45) is 0 Å². The molecule has 0 saturated carbocycles. The third kappa shape index (κ3) is 1.47. The lowest BCUT2D eigenvalue weighted by molar-refractivity contribution is 1.14. The van der Waals surface area contributed by atoms with Gasteiger partial charge < -0.3 is 0 Å². The van der Waals surface area contributed by atoms with E-state index in [9.17, 15) is 0 Å². The largest absolute Gasteiger partial charge is 0.143 e. The summed E-state index contributed by atoms with van der Waals surface area (Å²) in [6.45, 7) is 2.10. The number of hydrogen-bond donors (Lipinski definition) is 1. The molecule has 13 heavy (non-hydrogen) atoms. The summed E-state index contributed by atoms with van der Waals surface area (Å²) in [5.41, 5.74) is 1.18. The predicted octanol–water partition coefficient (Wildman–Crippen LogP) is 4.41. The number of thiophene rings is 1. The maximum Gasteiger partial charge on any atom is 0.0525 e. The van der Waals surface area contributed by atoms with Crippen LogP contribution in [0.4, 0.5) is 0 Å². The Hall–Kier alpha value is -0.180. The zero-order valence-corrected chi connectivity index (χ0v) is 9.64. The third-order valence-electron chi connectivity index (χ3n) is 2.11. The van der Waals surface area contributed by atoms with Gasteiger partial charge in [0.25, 0.3) is 0 Å². The summed E-state index contributed by atoms with van der Waals surface area (Å²) in [5.74, 6) is 0. The van der Waals surface area contributed by atoms with Gasteiger partial charge in [-0.3, -0.25) is 0 Å². The first-order valence-electron chi connectivity index (χ1n) is 4.11. The Morgan fingerprint density at radius 1 is 1.54 bits per heavy atom. The van der Waals surface area contributed by atoms with Gasteiger partial charge >= 0.3 is 0 Å². The van der Waals surface area contributed by atoms with Crippen molar-refractivity contribution < 1.29 is 0 Å². The normalized spacial score (nSPS) is 11.0. The maximum absolute atomic E-state index is 6.23. The Balaban J connectivity index is 2.85. The van der Waals surface area contributed by atoms with Crippen LogP contribution in [0.1, 0.15) is 12.5 Å². The molecule has 0 aliphatic rings. The lowest BCUT2D eigenvalue weighted by Gasteiger charge is -2.04. The average Bonchev–Trinajstić information content (AvgIpc) is 2.60. The van der Waals surface area contributed by atoms with E-state index in [2.05, 4.69) is 37.1 Å². The Bertz CT molecular complexity index is 445. The van der Waals surface area contributed by atoms with Gasteiger partial charge in [-0.25, -0.2) is 0 Å². The molecule has 0 atom stereocenters. The zero-order chi connectivity index (χ0) is 9.42. The molecule has 2 rings (SSSR count). The van der Waals surface area contributed by atoms with E-state index in [1.165, 1.54) is 10.3 Å². The molecule has 0 fully saturated rings. The molecule has 0 aliphatic carbocycles. The lowest BCUT2D eigenvalue weighted by atomic mass is 10.1. The van der Waals surface area contributed by atoms with Gasteiger partial charge in [0.15, 0.2) is 0 Å². The average molecular weight is 229 g/mol. The molecule has 0 saturated heterocycles. The van der Waals surface area contributed by atoms with E-state index < -0.39 is 0 Å². The molecule has 1 heterocycles. The fourth-order valence-electron chi connectivity index (χ4n) is 1.40. The molecule has 0 unspecified atom stereocenters. The van der Waals surface area contributed by atoms with E-state index in [1.54, 1.807) is 11.3 Å². The zero-order valence-electron chi connectivity index (χ0n) is 7.17. The van der Waals surface area contributed by atoms with Crippen LogP contribution in [0.15, 0.2) is 22.4 Å². The second-order valence-electron chi connectivity index (χ2n) is 2.89. The molecular formula is C10H9ClS2. The van der Waals surface area contributed by atoms with Gasteiger partial charge in [-0.1, -0.05) is 18.5 Å². The highest BCUT2D eigenvalue weighted by molar-refractivity contribution is 7.80. The minimum absolute atomic E-state index is 0.886. The first kappa shape index (κ1) is 9.38. The van der Waals surface area contributed by atoms with Gasteiger partial charge in [0.1, 0.15) is 0 Å². The highest BCUT2D eigenvalue weighted by atomic mass is 35.5. The van der Waals surface area contributed by atoms with Crippen LogP contribution in [0.3, 0.4) is 0 Å². The number of halogens is 1. The first-order chi connectivity index (χ1) is 6.24. The second-order valence-corrected chi connectivity index (χ2v) is 4.66. The summed E-state index contributed by atoms with van der Waals surface area (Å²) < 4.78 is 1.19. The first-order valence-corrected chi connectivity index (χ1v) is 5.82. The van der Waals surface area contributed by atoms with E-state index in [0.29, 0.717) is 0 Å². The number of benzene rings is 1. The fraction of sp³-hybridized carbons (Fsp3) is 0.200. The van der Waals surface area contributed by atoms with E-state index in [1.807, 2.05) is 0 Å². The van der Waals surface area contributed by atoms with Crippen molar-refractivity contribution in [2.75, 3.05) is 0 Å². The van der Waals surface area contributed by atoms with Crippen LogP contribution in [0, 0.1) is 0 Å². The van der Waals surface area contributed by atoms with Crippen LogP contribution in [-0.2, 0) is 6.42 Å². The van der Waals surface area contributed by atoms with Crippen molar-refractivity contribution in [2.45, 2.75) is 18.2 Å². The molecule has 0 spiro atoms. The van der Waals surface area contributed by atoms with Crippen molar-refractivity contribution in [1.82, 2.24) is 0 Å². The van der Waals surface area contributed by atoms with Crippen LogP contribution < -0.4 is 0 Å². The van der Waals surface area contributed by atoms with E-state index in [0.717, 1.165) is 21.7 Å². The van der Waals surface area contributed by atoms with Crippen LogP contribution >= 0.6 is 35.6 Å². The van der Waals surface area contributed by atoms with Gasteiger partial charge in [0, 0.05) is 15.0 Å².